The molecule has 0 spiro atoms. The lowest BCUT2D eigenvalue weighted by Crippen LogP contribution is -2.54. The zero-order valence-corrected chi connectivity index (χ0v) is 19.3. The Labute approximate surface area is 179 Å². The molecular weight excluding hydrogens is 450 g/mol. The summed E-state index contributed by atoms with van der Waals surface area (Å²) in [6.07, 6.45) is 0. The van der Waals surface area contributed by atoms with Gasteiger partial charge in [0, 0.05) is 47.4 Å². The number of hydrogen-bond acceptors (Lipinski definition) is 4. The number of benzene rings is 3. The first-order valence-corrected chi connectivity index (χ1v) is 11.6. The molecule has 7 heteroatoms. The summed E-state index contributed by atoms with van der Waals surface area (Å²) in [6.45, 7) is 0. The highest BCUT2D eigenvalue weighted by molar-refractivity contribution is 9.10. The third-order valence-electron chi connectivity index (χ3n) is 5.22. The van der Waals surface area contributed by atoms with Gasteiger partial charge in [0.15, 0.2) is 0 Å². The minimum Gasteiger partial charge on any atom is -0.497 e. The van der Waals surface area contributed by atoms with Crippen molar-refractivity contribution in [3.05, 3.63) is 65.1 Å². The molecule has 0 radical (unpaired) electrons. The fraction of sp³-hybridized carbons (Fsp3) is 0.182. The zero-order chi connectivity index (χ0) is 20.6. The maximum absolute atomic E-state index is 5.69. The molecule has 3 aromatic carbocycles. The first kappa shape index (κ1) is 20.1. The van der Waals surface area contributed by atoms with E-state index >= 15 is 0 Å². The average Bonchev–Trinajstić information content (AvgIpc) is 3.08. The third-order valence-corrected chi connectivity index (χ3v) is 8.34. The van der Waals surface area contributed by atoms with Crippen molar-refractivity contribution in [2.75, 3.05) is 28.4 Å². The van der Waals surface area contributed by atoms with Crippen LogP contribution in [0, 0.1) is 0 Å². The van der Waals surface area contributed by atoms with Crippen molar-refractivity contribution in [2.24, 2.45) is 0 Å². The van der Waals surface area contributed by atoms with Crippen molar-refractivity contribution >= 4 is 51.7 Å². The highest BCUT2D eigenvalue weighted by atomic mass is 79.9. The van der Waals surface area contributed by atoms with Gasteiger partial charge in [-0.3, -0.25) is 0 Å². The predicted octanol–water partition coefficient (Wildman–Crippen LogP) is 4.64. The second-order valence-electron chi connectivity index (χ2n) is 6.60. The van der Waals surface area contributed by atoms with Gasteiger partial charge in [-0.2, -0.15) is 0 Å². The first-order valence-electron chi connectivity index (χ1n) is 9.11. The van der Waals surface area contributed by atoms with Gasteiger partial charge in [0.1, 0.15) is 5.75 Å². The molecule has 0 unspecified atom stereocenters. The SMILES string of the molecule is COc1ccc(-n2c3ccc(Br)cc3c3cc([Si](OC)(OC)OC)ccc32)cc1. The van der Waals surface area contributed by atoms with E-state index in [1.54, 1.807) is 28.4 Å². The van der Waals surface area contributed by atoms with Crippen LogP contribution in [0.4, 0.5) is 0 Å². The summed E-state index contributed by atoms with van der Waals surface area (Å²) in [7, 11) is 3.62. The van der Waals surface area contributed by atoms with E-state index in [-0.39, 0.29) is 0 Å². The van der Waals surface area contributed by atoms with Crippen LogP contribution in [0.25, 0.3) is 27.5 Å². The van der Waals surface area contributed by atoms with Crippen molar-refractivity contribution in [1.29, 1.82) is 0 Å². The zero-order valence-electron chi connectivity index (χ0n) is 16.7. The normalized spacial score (nSPS) is 12.0. The van der Waals surface area contributed by atoms with Crippen molar-refractivity contribution in [3.63, 3.8) is 0 Å². The molecule has 0 N–H and O–H groups in total. The summed E-state index contributed by atoms with van der Waals surface area (Å²) in [5.41, 5.74) is 3.28. The van der Waals surface area contributed by atoms with Crippen LogP contribution in [0.1, 0.15) is 0 Å². The Bertz CT molecular complexity index is 1160. The molecule has 1 heterocycles. The van der Waals surface area contributed by atoms with Gasteiger partial charge in [-0.1, -0.05) is 22.0 Å². The van der Waals surface area contributed by atoms with E-state index in [1.165, 1.54) is 0 Å². The molecule has 0 saturated carbocycles. The summed E-state index contributed by atoms with van der Waals surface area (Å²) in [4.78, 5) is 0. The number of halogens is 1. The Hall–Kier alpha value is -2.16. The van der Waals surface area contributed by atoms with Gasteiger partial charge >= 0.3 is 8.80 Å². The Kier molecular flexibility index (Phi) is 5.50. The van der Waals surface area contributed by atoms with Crippen LogP contribution in [0.5, 0.6) is 5.75 Å². The van der Waals surface area contributed by atoms with E-state index in [1.807, 2.05) is 18.2 Å². The molecule has 0 aliphatic rings. The molecule has 150 valence electrons. The summed E-state index contributed by atoms with van der Waals surface area (Å²) in [5.74, 6) is 0.829. The highest BCUT2D eigenvalue weighted by Crippen LogP contribution is 2.34. The molecule has 4 aromatic rings. The molecule has 0 aliphatic carbocycles. The van der Waals surface area contributed by atoms with Gasteiger partial charge in [0.05, 0.1) is 18.1 Å². The number of fused-ring (bicyclic) bond motifs is 3. The molecule has 0 aliphatic heterocycles. The van der Waals surface area contributed by atoms with Gasteiger partial charge < -0.3 is 22.6 Å². The Morgan fingerprint density at radius 2 is 1.31 bits per heavy atom. The smallest absolute Gasteiger partial charge is 0.497 e. The maximum atomic E-state index is 5.69. The largest absolute Gasteiger partial charge is 0.536 e. The van der Waals surface area contributed by atoms with Crippen LogP contribution >= 0.6 is 15.9 Å². The Morgan fingerprint density at radius 1 is 0.724 bits per heavy atom. The molecule has 4 rings (SSSR count). The summed E-state index contributed by atoms with van der Waals surface area (Å²) in [5, 5.41) is 3.17. The van der Waals surface area contributed by atoms with Crippen LogP contribution < -0.4 is 9.92 Å². The molecule has 1 aromatic heterocycles. The number of methoxy groups -OCH3 is 1. The fourth-order valence-corrected chi connectivity index (χ4v) is 5.98. The second kappa shape index (κ2) is 7.93. The molecule has 0 saturated heterocycles. The minimum absolute atomic E-state index is 0.829. The number of nitrogens with zero attached hydrogens (tertiary/aromatic N) is 1. The first-order chi connectivity index (χ1) is 14.1. The highest BCUT2D eigenvalue weighted by Gasteiger charge is 2.41. The van der Waals surface area contributed by atoms with Gasteiger partial charge in [0.2, 0.25) is 0 Å². The number of ether oxygens (including phenoxy) is 1. The Morgan fingerprint density at radius 3 is 1.90 bits per heavy atom. The van der Waals surface area contributed by atoms with Gasteiger partial charge in [-0.25, -0.2) is 0 Å². The van der Waals surface area contributed by atoms with Gasteiger partial charge in [0.25, 0.3) is 0 Å². The Balaban J connectivity index is 2.03. The van der Waals surface area contributed by atoms with Crippen molar-refractivity contribution in [1.82, 2.24) is 4.57 Å². The standard InChI is InChI=1S/C22H22BrNO4Si/c1-25-17-8-6-16(7-9-17)24-21-11-5-15(23)13-19(21)20-14-18(10-12-22(20)24)29(26-2,27-3)28-4/h5-14H,1-4H3. The lowest BCUT2D eigenvalue weighted by Gasteiger charge is -2.24. The van der Waals surface area contributed by atoms with Crippen molar-refractivity contribution < 1.29 is 18.0 Å². The van der Waals surface area contributed by atoms with Crippen LogP contribution in [-0.2, 0) is 13.3 Å². The fourth-order valence-electron chi connectivity index (χ4n) is 3.80. The summed E-state index contributed by atoms with van der Waals surface area (Å²) in [6, 6.07) is 20.6. The van der Waals surface area contributed by atoms with Crippen molar-refractivity contribution in [2.45, 2.75) is 0 Å². The molecule has 0 atom stereocenters. The summed E-state index contributed by atoms with van der Waals surface area (Å²) >= 11 is 3.61. The molecule has 0 bridgehead atoms. The van der Waals surface area contributed by atoms with Crippen molar-refractivity contribution in [3.8, 4) is 11.4 Å². The average molecular weight is 472 g/mol. The number of rotatable bonds is 6. The van der Waals surface area contributed by atoms with E-state index in [4.69, 9.17) is 18.0 Å². The van der Waals surface area contributed by atoms with E-state index in [0.717, 1.165) is 42.9 Å². The minimum atomic E-state index is -2.93. The van der Waals surface area contributed by atoms with Gasteiger partial charge in [-0.15, -0.1) is 0 Å². The molecule has 5 nitrogen and oxygen atoms in total. The maximum Gasteiger partial charge on any atom is 0.536 e. The monoisotopic (exact) mass is 471 g/mol. The third kappa shape index (κ3) is 3.29. The lowest BCUT2D eigenvalue weighted by molar-refractivity contribution is 0.140. The molecule has 29 heavy (non-hydrogen) atoms. The van der Waals surface area contributed by atoms with E-state index < -0.39 is 8.80 Å². The van der Waals surface area contributed by atoms with E-state index in [0.29, 0.717) is 0 Å². The lowest BCUT2D eigenvalue weighted by atomic mass is 10.1. The van der Waals surface area contributed by atoms with Crippen LogP contribution in [-0.4, -0.2) is 41.8 Å². The van der Waals surface area contributed by atoms with Crippen LogP contribution in [0.2, 0.25) is 0 Å². The van der Waals surface area contributed by atoms with Crippen LogP contribution in [0.3, 0.4) is 0 Å². The van der Waals surface area contributed by atoms with E-state index in [9.17, 15) is 0 Å². The number of hydrogen-bond donors (Lipinski definition) is 0. The predicted molar refractivity (Wildman–Crippen MR) is 121 cm³/mol. The topological polar surface area (TPSA) is 41.9 Å². The van der Waals surface area contributed by atoms with E-state index in [2.05, 4.69) is 63.0 Å². The molecule has 0 amide bonds. The second-order valence-corrected chi connectivity index (χ2v) is 10.4. The van der Waals surface area contributed by atoms with Crippen LogP contribution in [0.15, 0.2) is 65.1 Å². The van der Waals surface area contributed by atoms with Gasteiger partial charge in [-0.05, 0) is 54.6 Å². The molecule has 0 fully saturated rings. The quantitative estimate of drug-likeness (QED) is 0.384. The molecular formula is C22H22BrNO4Si. The summed E-state index contributed by atoms with van der Waals surface area (Å²) < 4.78 is 25.7. The number of aromatic nitrogens is 1.